The van der Waals surface area contributed by atoms with E-state index in [1.54, 1.807) is 0 Å². The third kappa shape index (κ3) is 6.13. The summed E-state index contributed by atoms with van der Waals surface area (Å²) in [7, 11) is -3.33. The average molecular weight is 315 g/mol. The summed E-state index contributed by atoms with van der Waals surface area (Å²) in [5.74, 6) is 6.19. The topological polar surface area (TPSA) is 18.5 Å². The molecule has 0 saturated heterocycles. The van der Waals surface area contributed by atoms with E-state index in [-0.39, 0.29) is 10.1 Å². The quantitative estimate of drug-likeness (QED) is 0.535. The zero-order valence-corrected chi connectivity index (χ0v) is 17.2. The van der Waals surface area contributed by atoms with Gasteiger partial charge in [-0.25, -0.2) is 0 Å². The molecule has 0 atom stereocenters. The van der Waals surface area contributed by atoms with Crippen LogP contribution in [0.2, 0.25) is 36.3 Å². The smallest absolute Gasteiger partial charge is 0.193 e. The van der Waals surface area contributed by atoms with Gasteiger partial charge in [-0.2, -0.15) is 0 Å². The maximum Gasteiger partial charge on any atom is 0.193 e. The summed E-state index contributed by atoms with van der Waals surface area (Å²) in [5.41, 5.74) is 0. The van der Waals surface area contributed by atoms with E-state index < -0.39 is 16.6 Å². The first kappa shape index (κ1) is 19.9. The first-order valence-electron chi connectivity index (χ1n) is 7.44. The minimum atomic E-state index is -1.67. The largest absolute Gasteiger partial charge is 0.406 e. The molecule has 0 rings (SSSR count). The van der Waals surface area contributed by atoms with E-state index in [2.05, 4.69) is 79.6 Å². The van der Waals surface area contributed by atoms with Gasteiger partial charge in [0.05, 0.1) is 13.2 Å². The van der Waals surface area contributed by atoms with Gasteiger partial charge in [0, 0.05) is 0 Å². The van der Waals surface area contributed by atoms with E-state index in [0.29, 0.717) is 13.2 Å². The summed E-state index contributed by atoms with van der Waals surface area (Å²) in [5, 5.41) is 0.485. The first-order valence-corrected chi connectivity index (χ1v) is 13.3. The van der Waals surface area contributed by atoms with Crippen LogP contribution in [0.15, 0.2) is 0 Å². The summed E-state index contributed by atoms with van der Waals surface area (Å²) in [6.07, 6.45) is 0. The molecule has 118 valence electrons. The van der Waals surface area contributed by atoms with Gasteiger partial charge in [0.2, 0.25) is 0 Å². The van der Waals surface area contributed by atoms with Crippen LogP contribution in [0.4, 0.5) is 0 Å². The Morgan fingerprint density at radius 1 is 0.650 bits per heavy atom. The molecule has 0 aromatic carbocycles. The fourth-order valence-electron chi connectivity index (χ4n) is 0.968. The van der Waals surface area contributed by atoms with Crippen LogP contribution in [0.1, 0.15) is 41.5 Å². The van der Waals surface area contributed by atoms with Gasteiger partial charge in [-0.15, -0.1) is 0 Å². The molecule has 0 aromatic rings. The van der Waals surface area contributed by atoms with E-state index >= 15 is 0 Å². The Balaban J connectivity index is 4.22. The fraction of sp³-hybridized carbons (Fsp3) is 0.875. The van der Waals surface area contributed by atoms with E-state index in [9.17, 15) is 0 Å². The van der Waals surface area contributed by atoms with Gasteiger partial charge in [-0.3, -0.25) is 0 Å². The van der Waals surface area contributed by atoms with Crippen LogP contribution in [0, 0.1) is 11.8 Å². The molecule has 0 bridgehead atoms. The van der Waals surface area contributed by atoms with Crippen LogP contribution in [-0.2, 0) is 8.85 Å². The Bertz CT molecular complexity index is 329. The Morgan fingerprint density at radius 2 is 0.900 bits per heavy atom. The van der Waals surface area contributed by atoms with Gasteiger partial charge in [0.1, 0.15) is 0 Å². The van der Waals surface area contributed by atoms with Crippen LogP contribution in [0.25, 0.3) is 0 Å². The van der Waals surface area contributed by atoms with Crippen LogP contribution in [-0.4, -0.2) is 29.8 Å². The van der Waals surface area contributed by atoms with E-state index in [1.165, 1.54) is 0 Å². The van der Waals surface area contributed by atoms with Crippen molar-refractivity contribution in [3.8, 4) is 11.8 Å². The van der Waals surface area contributed by atoms with Crippen molar-refractivity contribution in [3.05, 3.63) is 0 Å². The van der Waals surface area contributed by atoms with Crippen LogP contribution in [0.5, 0.6) is 0 Å². The molecule has 0 fully saturated rings. The van der Waals surface area contributed by atoms with Gasteiger partial charge in [-0.1, -0.05) is 53.4 Å². The molecule has 2 nitrogen and oxygen atoms in total. The highest BCUT2D eigenvalue weighted by Gasteiger charge is 2.37. The summed E-state index contributed by atoms with van der Waals surface area (Å²) in [6.45, 7) is 23.5. The maximum atomic E-state index is 6.01. The minimum Gasteiger partial charge on any atom is -0.406 e. The molecule has 20 heavy (non-hydrogen) atoms. The lowest BCUT2D eigenvalue weighted by atomic mass is 10.2. The van der Waals surface area contributed by atoms with E-state index in [0.717, 1.165) is 0 Å². The van der Waals surface area contributed by atoms with Crippen molar-refractivity contribution in [2.24, 2.45) is 0 Å². The van der Waals surface area contributed by atoms with Gasteiger partial charge in [0.25, 0.3) is 0 Å². The van der Waals surface area contributed by atoms with Crippen LogP contribution >= 0.6 is 0 Å². The first-order chi connectivity index (χ1) is 8.71. The SMILES string of the molecule is CC(C)(C)[Si](C)(C)OCC#CCO[Si](C)(C)C(C)(C)C. The lowest BCUT2D eigenvalue weighted by molar-refractivity contribution is 0.327. The number of hydrogen-bond acceptors (Lipinski definition) is 2. The molecule has 0 amide bonds. The fourth-order valence-corrected chi connectivity index (χ4v) is 2.70. The molecule has 0 aliphatic heterocycles. The van der Waals surface area contributed by atoms with Gasteiger partial charge >= 0.3 is 0 Å². The van der Waals surface area contributed by atoms with Gasteiger partial charge in [0.15, 0.2) is 16.6 Å². The normalized spacial score (nSPS) is 13.9. The second-order valence-corrected chi connectivity index (χ2v) is 18.1. The second-order valence-electron chi connectivity index (χ2n) is 8.45. The van der Waals surface area contributed by atoms with Crippen molar-refractivity contribution in [2.75, 3.05) is 13.2 Å². The molecule has 0 spiro atoms. The summed E-state index contributed by atoms with van der Waals surface area (Å²) >= 11 is 0. The third-order valence-corrected chi connectivity index (χ3v) is 13.7. The predicted octanol–water partition coefficient (Wildman–Crippen LogP) is 5.03. The lowest BCUT2D eigenvalue weighted by Crippen LogP contribution is -2.41. The molecular formula is C16H34O2Si2. The standard InChI is InChI=1S/C16H34O2Si2/c1-15(2,3)19(7,8)17-13-11-12-14-18-20(9,10)16(4,5)6/h13-14H2,1-10H3. The zero-order valence-electron chi connectivity index (χ0n) is 15.2. The Labute approximate surface area is 128 Å². The molecule has 0 heterocycles. The highest BCUT2D eigenvalue weighted by atomic mass is 28.4. The van der Waals surface area contributed by atoms with Crippen molar-refractivity contribution in [2.45, 2.75) is 77.8 Å². The highest BCUT2D eigenvalue weighted by Crippen LogP contribution is 2.37. The van der Waals surface area contributed by atoms with Crippen LogP contribution in [0.3, 0.4) is 0 Å². The van der Waals surface area contributed by atoms with Crippen molar-refractivity contribution < 1.29 is 8.85 Å². The molecule has 0 aromatic heterocycles. The third-order valence-electron chi connectivity index (χ3n) is 4.75. The van der Waals surface area contributed by atoms with E-state index in [1.807, 2.05) is 0 Å². The molecule has 0 unspecified atom stereocenters. The molecule has 0 radical (unpaired) electrons. The summed E-state index contributed by atoms with van der Waals surface area (Å²) in [6, 6.07) is 0. The Morgan fingerprint density at radius 3 is 1.10 bits per heavy atom. The van der Waals surface area contributed by atoms with Crippen molar-refractivity contribution in [1.29, 1.82) is 0 Å². The van der Waals surface area contributed by atoms with Crippen molar-refractivity contribution in [1.82, 2.24) is 0 Å². The summed E-state index contributed by atoms with van der Waals surface area (Å²) in [4.78, 5) is 0. The molecule has 0 aliphatic carbocycles. The van der Waals surface area contributed by atoms with Crippen molar-refractivity contribution >= 4 is 16.6 Å². The highest BCUT2D eigenvalue weighted by molar-refractivity contribution is 6.74. The lowest BCUT2D eigenvalue weighted by Gasteiger charge is -2.35. The maximum absolute atomic E-state index is 6.01. The second kappa shape index (κ2) is 6.78. The predicted molar refractivity (Wildman–Crippen MR) is 94.1 cm³/mol. The minimum absolute atomic E-state index is 0.242. The van der Waals surface area contributed by atoms with Gasteiger partial charge in [-0.05, 0) is 36.3 Å². The van der Waals surface area contributed by atoms with Crippen molar-refractivity contribution in [3.63, 3.8) is 0 Å². The molecule has 0 saturated carbocycles. The number of rotatable bonds is 4. The zero-order chi connectivity index (χ0) is 16.2. The number of hydrogen-bond donors (Lipinski definition) is 0. The average Bonchev–Trinajstić information content (AvgIpc) is 2.19. The molecular weight excluding hydrogens is 280 g/mol. The molecule has 0 N–H and O–H groups in total. The Hall–Kier alpha value is -0.0862. The molecule has 0 aliphatic rings. The van der Waals surface area contributed by atoms with Crippen LogP contribution < -0.4 is 0 Å². The van der Waals surface area contributed by atoms with E-state index in [4.69, 9.17) is 8.85 Å². The Kier molecular flexibility index (Phi) is 6.75. The summed E-state index contributed by atoms with van der Waals surface area (Å²) < 4.78 is 12.0. The van der Waals surface area contributed by atoms with Gasteiger partial charge < -0.3 is 8.85 Å². The monoisotopic (exact) mass is 314 g/mol. The molecule has 4 heteroatoms.